The largest absolute Gasteiger partial charge is 0.392 e. The monoisotopic (exact) mass is 308 g/mol. The van der Waals surface area contributed by atoms with E-state index in [2.05, 4.69) is 41.1 Å². The highest BCUT2D eigenvalue weighted by atomic mass is 79.9. The van der Waals surface area contributed by atoms with Gasteiger partial charge < -0.3 is 5.11 Å². The molecule has 17 heavy (non-hydrogen) atoms. The van der Waals surface area contributed by atoms with Gasteiger partial charge in [-0.05, 0) is 36.8 Å². The van der Waals surface area contributed by atoms with Crippen molar-refractivity contribution in [1.82, 2.24) is 0 Å². The van der Waals surface area contributed by atoms with Crippen molar-refractivity contribution in [3.05, 3.63) is 58.1 Å². The second-order valence-corrected chi connectivity index (χ2v) is 5.86. The molecule has 1 N–H and O–H groups in total. The Hall–Kier alpha value is -0.770. The molecule has 0 saturated carbocycles. The highest BCUT2D eigenvalue weighted by Crippen LogP contribution is 2.32. The summed E-state index contributed by atoms with van der Waals surface area (Å²) in [4.78, 5) is 2.28. The van der Waals surface area contributed by atoms with E-state index in [1.807, 2.05) is 24.3 Å². The van der Waals surface area contributed by atoms with Gasteiger partial charge in [0, 0.05) is 14.3 Å². The Bertz CT molecular complexity index is 525. The van der Waals surface area contributed by atoms with Gasteiger partial charge in [-0.3, -0.25) is 0 Å². The van der Waals surface area contributed by atoms with Crippen molar-refractivity contribution in [2.75, 3.05) is 0 Å². The van der Waals surface area contributed by atoms with Crippen molar-refractivity contribution < 1.29 is 5.11 Å². The summed E-state index contributed by atoms with van der Waals surface area (Å²) in [7, 11) is 0. The van der Waals surface area contributed by atoms with Crippen molar-refractivity contribution in [3.63, 3.8) is 0 Å². The molecule has 2 aromatic rings. The number of aliphatic hydroxyl groups is 1. The molecule has 0 aliphatic rings. The number of aryl methyl sites for hydroxylation is 1. The van der Waals surface area contributed by atoms with Crippen LogP contribution < -0.4 is 0 Å². The first-order valence-electron chi connectivity index (χ1n) is 5.33. The van der Waals surface area contributed by atoms with Crippen LogP contribution in [0.3, 0.4) is 0 Å². The molecule has 0 amide bonds. The van der Waals surface area contributed by atoms with Crippen LogP contribution in [0.5, 0.6) is 0 Å². The number of benzene rings is 2. The standard InChI is InChI=1S/C14H13BrOS/c1-10-3-2-4-13(7-10)17-14-8-12(15)6-5-11(14)9-16/h2-8,16H,9H2,1H3. The molecule has 2 rings (SSSR count). The van der Waals surface area contributed by atoms with Crippen LogP contribution in [0.15, 0.2) is 56.7 Å². The van der Waals surface area contributed by atoms with Crippen molar-refractivity contribution in [2.45, 2.75) is 23.3 Å². The number of hydrogen-bond acceptors (Lipinski definition) is 2. The molecule has 0 saturated heterocycles. The zero-order chi connectivity index (χ0) is 12.3. The molecule has 0 unspecified atom stereocenters. The van der Waals surface area contributed by atoms with Gasteiger partial charge in [0.05, 0.1) is 6.61 Å². The van der Waals surface area contributed by atoms with E-state index in [4.69, 9.17) is 0 Å². The second kappa shape index (κ2) is 5.71. The van der Waals surface area contributed by atoms with E-state index in [0.29, 0.717) is 0 Å². The van der Waals surface area contributed by atoms with E-state index in [9.17, 15) is 5.11 Å². The summed E-state index contributed by atoms with van der Waals surface area (Å²) in [6.07, 6.45) is 0. The second-order valence-electron chi connectivity index (χ2n) is 3.83. The molecular formula is C14H13BrOS. The highest BCUT2D eigenvalue weighted by molar-refractivity contribution is 9.10. The number of aliphatic hydroxyl groups excluding tert-OH is 1. The fraction of sp³-hybridized carbons (Fsp3) is 0.143. The first kappa shape index (κ1) is 12.7. The molecule has 1 nitrogen and oxygen atoms in total. The van der Waals surface area contributed by atoms with E-state index in [0.717, 1.165) is 14.9 Å². The lowest BCUT2D eigenvalue weighted by atomic mass is 10.2. The summed E-state index contributed by atoms with van der Waals surface area (Å²) in [5.74, 6) is 0. The summed E-state index contributed by atoms with van der Waals surface area (Å²) in [6.45, 7) is 2.15. The van der Waals surface area contributed by atoms with Crippen molar-refractivity contribution in [1.29, 1.82) is 0 Å². The summed E-state index contributed by atoms with van der Waals surface area (Å²) in [5.41, 5.74) is 2.20. The molecule has 0 bridgehead atoms. The first-order valence-corrected chi connectivity index (χ1v) is 6.94. The molecule has 0 fully saturated rings. The molecule has 0 aromatic heterocycles. The van der Waals surface area contributed by atoms with Crippen LogP contribution in [-0.4, -0.2) is 5.11 Å². The van der Waals surface area contributed by atoms with Crippen LogP contribution in [0, 0.1) is 6.92 Å². The summed E-state index contributed by atoms with van der Waals surface area (Å²) >= 11 is 5.14. The number of hydrogen-bond donors (Lipinski definition) is 1. The third-order valence-electron chi connectivity index (χ3n) is 2.42. The van der Waals surface area contributed by atoms with Crippen LogP contribution in [0.4, 0.5) is 0 Å². The molecule has 0 atom stereocenters. The van der Waals surface area contributed by atoms with Crippen molar-refractivity contribution in [2.24, 2.45) is 0 Å². The third-order valence-corrected chi connectivity index (χ3v) is 4.00. The molecule has 3 heteroatoms. The highest BCUT2D eigenvalue weighted by Gasteiger charge is 2.04. The van der Waals surface area contributed by atoms with E-state index in [1.165, 1.54) is 10.5 Å². The maximum absolute atomic E-state index is 9.31. The summed E-state index contributed by atoms with van der Waals surface area (Å²) in [5, 5.41) is 9.31. The van der Waals surface area contributed by atoms with Gasteiger partial charge in [0.2, 0.25) is 0 Å². The Morgan fingerprint density at radius 3 is 2.71 bits per heavy atom. The van der Waals surface area contributed by atoms with Crippen molar-refractivity contribution >= 4 is 27.7 Å². The molecule has 0 spiro atoms. The predicted octanol–water partition coefficient (Wildman–Crippen LogP) is 4.40. The zero-order valence-electron chi connectivity index (χ0n) is 9.48. The normalized spacial score (nSPS) is 10.5. The van der Waals surface area contributed by atoms with Gasteiger partial charge in [0.25, 0.3) is 0 Å². The third kappa shape index (κ3) is 3.35. The minimum Gasteiger partial charge on any atom is -0.392 e. The average molecular weight is 309 g/mol. The van der Waals surface area contributed by atoms with E-state index in [-0.39, 0.29) is 6.61 Å². The Kier molecular flexibility index (Phi) is 4.26. The van der Waals surface area contributed by atoms with E-state index >= 15 is 0 Å². The minimum absolute atomic E-state index is 0.0709. The molecule has 0 aliphatic carbocycles. The fourth-order valence-corrected chi connectivity index (χ4v) is 3.17. The van der Waals surface area contributed by atoms with Gasteiger partial charge in [-0.2, -0.15) is 0 Å². The average Bonchev–Trinajstić information content (AvgIpc) is 2.29. The van der Waals surface area contributed by atoms with Gasteiger partial charge >= 0.3 is 0 Å². The smallest absolute Gasteiger partial charge is 0.0692 e. The maximum Gasteiger partial charge on any atom is 0.0692 e. The zero-order valence-corrected chi connectivity index (χ0v) is 11.9. The topological polar surface area (TPSA) is 20.2 Å². The predicted molar refractivity (Wildman–Crippen MR) is 75.4 cm³/mol. The number of halogens is 1. The Morgan fingerprint density at radius 1 is 1.18 bits per heavy atom. The molecule has 0 aliphatic heterocycles. The van der Waals surface area contributed by atoms with Crippen LogP contribution >= 0.6 is 27.7 Å². The summed E-state index contributed by atoms with van der Waals surface area (Å²) in [6, 6.07) is 14.3. The maximum atomic E-state index is 9.31. The van der Waals surface area contributed by atoms with Crippen LogP contribution in [0.25, 0.3) is 0 Å². The van der Waals surface area contributed by atoms with Crippen LogP contribution in [0.1, 0.15) is 11.1 Å². The Labute approximate surface area is 114 Å². The van der Waals surface area contributed by atoms with Gasteiger partial charge in [0.1, 0.15) is 0 Å². The van der Waals surface area contributed by atoms with E-state index < -0.39 is 0 Å². The Morgan fingerprint density at radius 2 is 2.00 bits per heavy atom. The lowest BCUT2D eigenvalue weighted by Crippen LogP contribution is -1.87. The summed E-state index contributed by atoms with van der Waals surface area (Å²) < 4.78 is 1.03. The van der Waals surface area contributed by atoms with Crippen molar-refractivity contribution in [3.8, 4) is 0 Å². The van der Waals surface area contributed by atoms with Crippen LogP contribution in [-0.2, 0) is 6.61 Å². The van der Waals surface area contributed by atoms with Gasteiger partial charge in [0.15, 0.2) is 0 Å². The quantitative estimate of drug-likeness (QED) is 0.907. The lowest BCUT2D eigenvalue weighted by molar-refractivity contribution is 0.279. The van der Waals surface area contributed by atoms with Gasteiger partial charge in [-0.25, -0.2) is 0 Å². The first-order chi connectivity index (χ1) is 8.19. The molecule has 0 heterocycles. The molecule has 88 valence electrons. The molecular weight excluding hydrogens is 296 g/mol. The number of rotatable bonds is 3. The molecule has 2 aromatic carbocycles. The SMILES string of the molecule is Cc1cccc(Sc2cc(Br)ccc2CO)c1. The van der Waals surface area contributed by atoms with E-state index in [1.54, 1.807) is 11.8 Å². The molecule has 0 radical (unpaired) electrons. The van der Waals surface area contributed by atoms with Gasteiger partial charge in [-0.1, -0.05) is 51.5 Å². The van der Waals surface area contributed by atoms with Gasteiger partial charge in [-0.15, -0.1) is 0 Å². The fourth-order valence-electron chi connectivity index (χ4n) is 1.56. The lowest BCUT2D eigenvalue weighted by Gasteiger charge is -2.08. The van der Waals surface area contributed by atoms with Crippen LogP contribution in [0.2, 0.25) is 0 Å². The minimum atomic E-state index is 0.0709. The Balaban J connectivity index is 2.32.